The van der Waals surface area contributed by atoms with Crippen LogP contribution in [0.2, 0.25) is 0 Å². The van der Waals surface area contributed by atoms with Crippen LogP contribution in [0.15, 0.2) is 29.2 Å². The van der Waals surface area contributed by atoms with Gasteiger partial charge in [-0.15, -0.1) is 0 Å². The Morgan fingerprint density at radius 2 is 1.94 bits per heavy atom. The van der Waals surface area contributed by atoms with E-state index in [2.05, 4.69) is 0 Å². The smallest absolute Gasteiger partial charge is 0.242 e. The number of Topliss-reactive ketones (excluding diaryl/α,β-unsaturated/α-hetero) is 1. The van der Waals surface area contributed by atoms with Crippen molar-refractivity contribution in [1.29, 1.82) is 0 Å². The third kappa shape index (κ3) is 3.17. The molecule has 5 heteroatoms. The predicted octanol–water partition coefficient (Wildman–Crippen LogP) is 2.31. The van der Waals surface area contributed by atoms with Crippen LogP contribution in [0.4, 0.5) is 0 Å². The van der Waals surface area contributed by atoms with Gasteiger partial charge in [-0.05, 0) is 18.6 Å². The van der Waals surface area contributed by atoms with Crippen LogP contribution in [-0.4, -0.2) is 32.1 Å². The quantitative estimate of drug-likeness (QED) is 0.745. The van der Waals surface area contributed by atoms with E-state index in [1.807, 2.05) is 6.92 Å². The topological polar surface area (TPSA) is 54.5 Å². The number of rotatable bonds is 6. The Hall–Kier alpha value is -1.20. The number of hydrogen-bond donors (Lipinski definition) is 0. The van der Waals surface area contributed by atoms with Crippen molar-refractivity contribution < 1.29 is 13.2 Å². The van der Waals surface area contributed by atoms with Crippen molar-refractivity contribution >= 4 is 15.8 Å². The highest BCUT2D eigenvalue weighted by Gasteiger charge is 2.20. The van der Waals surface area contributed by atoms with Crippen LogP contribution in [0.5, 0.6) is 0 Å². The monoisotopic (exact) mass is 269 g/mol. The van der Waals surface area contributed by atoms with E-state index in [1.54, 1.807) is 26.1 Å². The first-order valence-electron chi connectivity index (χ1n) is 6.03. The van der Waals surface area contributed by atoms with Crippen molar-refractivity contribution in [3.8, 4) is 0 Å². The molecule has 0 aliphatic carbocycles. The summed E-state index contributed by atoms with van der Waals surface area (Å²) >= 11 is 0. The molecule has 100 valence electrons. The molecule has 4 nitrogen and oxygen atoms in total. The molecule has 0 saturated heterocycles. The van der Waals surface area contributed by atoms with Crippen LogP contribution in [-0.2, 0) is 10.0 Å². The van der Waals surface area contributed by atoms with Gasteiger partial charge in [0.15, 0.2) is 5.78 Å². The second kappa shape index (κ2) is 6.11. The average molecular weight is 269 g/mol. The summed E-state index contributed by atoms with van der Waals surface area (Å²) in [4.78, 5) is 11.8. The van der Waals surface area contributed by atoms with E-state index >= 15 is 0 Å². The van der Waals surface area contributed by atoms with Crippen LogP contribution < -0.4 is 0 Å². The standard InChI is InChI=1S/C13H19NO3S/c1-4-9-14(3)18(16,17)12-8-6-7-11(10-12)13(15)5-2/h6-8,10H,4-5,9H2,1-3H3. The van der Waals surface area contributed by atoms with Gasteiger partial charge in [-0.1, -0.05) is 26.0 Å². The van der Waals surface area contributed by atoms with Gasteiger partial charge in [-0.25, -0.2) is 12.7 Å². The summed E-state index contributed by atoms with van der Waals surface area (Å²) in [5.74, 6) is -0.0507. The van der Waals surface area contributed by atoms with Gasteiger partial charge in [0, 0.05) is 25.6 Å². The molecule has 0 heterocycles. The first kappa shape index (κ1) is 14.9. The van der Waals surface area contributed by atoms with Crippen molar-refractivity contribution in [3.63, 3.8) is 0 Å². The van der Waals surface area contributed by atoms with Crippen LogP contribution in [0.25, 0.3) is 0 Å². The van der Waals surface area contributed by atoms with E-state index in [-0.39, 0.29) is 10.7 Å². The lowest BCUT2D eigenvalue weighted by atomic mass is 10.1. The normalized spacial score (nSPS) is 11.8. The average Bonchev–Trinajstić information content (AvgIpc) is 2.38. The number of ketones is 1. The van der Waals surface area contributed by atoms with E-state index < -0.39 is 10.0 Å². The molecular weight excluding hydrogens is 250 g/mol. The summed E-state index contributed by atoms with van der Waals surface area (Å²) in [5, 5.41) is 0. The number of hydrogen-bond acceptors (Lipinski definition) is 3. The van der Waals surface area contributed by atoms with E-state index in [1.165, 1.54) is 16.4 Å². The van der Waals surface area contributed by atoms with E-state index in [4.69, 9.17) is 0 Å². The molecular formula is C13H19NO3S. The fourth-order valence-corrected chi connectivity index (χ4v) is 2.96. The van der Waals surface area contributed by atoms with Gasteiger partial charge < -0.3 is 0 Å². The molecule has 0 saturated carbocycles. The molecule has 1 aromatic carbocycles. The van der Waals surface area contributed by atoms with Crippen molar-refractivity contribution in [2.75, 3.05) is 13.6 Å². The van der Waals surface area contributed by atoms with E-state index in [9.17, 15) is 13.2 Å². The molecule has 0 spiro atoms. The summed E-state index contributed by atoms with van der Waals surface area (Å²) in [5.41, 5.74) is 0.448. The third-order valence-electron chi connectivity index (χ3n) is 2.72. The Morgan fingerprint density at radius 3 is 2.50 bits per heavy atom. The highest BCUT2D eigenvalue weighted by atomic mass is 32.2. The summed E-state index contributed by atoms with van der Waals surface area (Å²) in [7, 11) is -1.94. The van der Waals surface area contributed by atoms with Crippen LogP contribution >= 0.6 is 0 Å². The fourth-order valence-electron chi connectivity index (χ4n) is 1.65. The fraction of sp³-hybridized carbons (Fsp3) is 0.462. The number of sulfonamides is 1. The second-order valence-electron chi connectivity index (χ2n) is 4.13. The van der Waals surface area contributed by atoms with Gasteiger partial charge in [0.2, 0.25) is 10.0 Å². The molecule has 0 atom stereocenters. The maximum absolute atomic E-state index is 12.2. The number of nitrogens with zero attached hydrogens (tertiary/aromatic N) is 1. The maximum atomic E-state index is 12.2. The third-order valence-corrected chi connectivity index (χ3v) is 4.58. The minimum atomic E-state index is -3.48. The molecule has 0 radical (unpaired) electrons. The molecule has 0 aliphatic rings. The Kier molecular flexibility index (Phi) is 5.04. The summed E-state index contributed by atoms with van der Waals surface area (Å²) in [6, 6.07) is 6.22. The lowest BCUT2D eigenvalue weighted by molar-refractivity contribution is 0.0988. The van der Waals surface area contributed by atoms with Gasteiger partial charge in [-0.2, -0.15) is 0 Å². The number of benzene rings is 1. The van der Waals surface area contributed by atoms with Gasteiger partial charge in [0.1, 0.15) is 0 Å². The minimum absolute atomic E-state index is 0.0507. The lowest BCUT2D eigenvalue weighted by Crippen LogP contribution is -2.27. The molecule has 1 aromatic rings. The largest absolute Gasteiger partial charge is 0.294 e. The second-order valence-corrected chi connectivity index (χ2v) is 6.18. The summed E-state index contributed by atoms with van der Waals surface area (Å²) in [6.45, 7) is 4.14. The van der Waals surface area contributed by atoms with Crippen molar-refractivity contribution in [2.45, 2.75) is 31.6 Å². The number of carbonyl (C=O) groups is 1. The molecule has 1 rings (SSSR count). The number of carbonyl (C=O) groups excluding carboxylic acids is 1. The Labute approximate surface area is 109 Å². The van der Waals surface area contributed by atoms with Crippen LogP contribution in [0.3, 0.4) is 0 Å². The highest BCUT2D eigenvalue weighted by molar-refractivity contribution is 7.89. The molecule has 0 aliphatic heterocycles. The minimum Gasteiger partial charge on any atom is -0.294 e. The SMILES string of the molecule is CCCN(C)S(=O)(=O)c1cccc(C(=O)CC)c1. The van der Waals surface area contributed by atoms with Gasteiger partial charge in [0.25, 0.3) is 0 Å². The van der Waals surface area contributed by atoms with Crippen molar-refractivity contribution in [1.82, 2.24) is 4.31 Å². The Balaban J connectivity index is 3.14. The lowest BCUT2D eigenvalue weighted by Gasteiger charge is -2.16. The van der Waals surface area contributed by atoms with E-state index in [0.717, 1.165) is 6.42 Å². The molecule has 0 fully saturated rings. The molecule has 0 N–H and O–H groups in total. The van der Waals surface area contributed by atoms with Crippen molar-refractivity contribution in [3.05, 3.63) is 29.8 Å². The first-order valence-corrected chi connectivity index (χ1v) is 7.47. The molecule has 0 bridgehead atoms. The first-order chi connectivity index (χ1) is 8.43. The highest BCUT2D eigenvalue weighted by Crippen LogP contribution is 2.17. The predicted molar refractivity (Wildman–Crippen MR) is 71.2 cm³/mol. The summed E-state index contributed by atoms with van der Waals surface area (Å²) < 4.78 is 25.7. The zero-order valence-corrected chi connectivity index (χ0v) is 11.8. The van der Waals surface area contributed by atoms with Gasteiger partial charge in [-0.3, -0.25) is 4.79 Å². The summed E-state index contributed by atoms with van der Waals surface area (Å²) in [6.07, 6.45) is 1.12. The van der Waals surface area contributed by atoms with Crippen LogP contribution in [0.1, 0.15) is 37.0 Å². The molecule has 18 heavy (non-hydrogen) atoms. The Morgan fingerprint density at radius 1 is 1.28 bits per heavy atom. The van der Waals surface area contributed by atoms with Gasteiger partial charge >= 0.3 is 0 Å². The molecule has 0 unspecified atom stereocenters. The van der Waals surface area contributed by atoms with Crippen molar-refractivity contribution in [2.24, 2.45) is 0 Å². The zero-order valence-electron chi connectivity index (χ0n) is 11.0. The molecule has 0 aromatic heterocycles. The van der Waals surface area contributed by atoms with Gasteiger partial charge in [0.05, 0.1) is 4.90 Å². The maximum Gasteiger partial charge on any atom is 0.242 e. The molecule has 0 amide bonds. The van der Waals surface area contributed by atoms with E-state index in [0.29, 0.717) is 18.5 Å². The Bertz CT molecular complexity index is 523. The zero-order chi connectivity index (χ0) is 13.8. The van der Waals surface area contributed by atoms with Crippen LogP contribution in [0, 0.1) is 0 Å².